The van der Waals surface area contributed by atoms with E-state index >= 15 is 0 Å². The maximum atomic E-state index is 5.78. The van der Waals surface area contributed by atoms with Crippen molar-refractivity contribution in [3.05, 3.63) is 48.8 Å². The van der Waals surface area contributed by atoms with Crippen LogP contribution in [-0.2, 0) is 0 Å². The first-order valence-electron chi connectivity index (χ1n) is 8.47. The number of hydrogen-bond acceptors (Lipinski definition) is 5. The van der Waals surface area contributed by atoms with Crippen LogP contribution in [0, 0.1) is 5.92 Å². The van der Waals surface area contributed by atoms with E-state index in [1.807, 2.05) is 30.6 Å². The highest BCUT2D eigenvalue weighted by molar-refractivity contribution is 5.83. The molecule has 0 radical (unpaired) electrons. The lowest BCUT2D eigenvalue weighted by Gasteiger charge is -2.31. The zero-order chi connectivity index (χ0) is 16.4. The summed E-state index contributed by atoms with van der Waals surface area (Å²) in [4.78, 5) is 15.9. The standard InChI is InChI=1S/C19H21N5/c20-13-14-6-10-24(11-7-14)19-22-9-5-18(23-19)16-3-4-17-15(12-16)2-1-8-21-17/h1-5,8-9,12,14H,6-7,10-11,13,20H2. The Kier molecular flexibility index (Phi) is 4.09. The molecule has 0 aliphatic carbocycles. The number of benzene rings is 1. The fourth-order valence-electron chi connectivity index (χ4n) is 3.27. The molecular formula is C19H21N5. The van der Waals surface area contributed by atoms with Crippen LogP contribution in [0.5, 0.6) is 0 Å². The van der Waals surface area contributed by atoms with E-state index in [9.17, 15) is 0 Å². The van der Waals surface area contributed by atoms with Gasteiger partial charge in [0.1, 0.15) is 0 Å². The molecule has 5 heteroatoms. The first kappa shape index (κ1) is 15.0. The van der Waals surface area contributed by atoms with Crippen LogP contribution in [0.3, 0.4) is 0 Å². The summed E-state index contributed by atoms with van der Waals surface area (Å²) in [5.41, 5.74) is 8.82. The number of anilines is 1. The zero-order valence-electron chi connectivity index (χ0n) is 13.6. The molecule has 0 saturated carbocycles. The monoisotopic (exact) mass is 319 g/mol. The summed E-state index contributed by atoms with van der Waals surface area (Å²) in [7, 11) is 0. The normalized spacial score (nSPS) is 15.8. The molecule has 5 nitrogen and oxygen atoms in total. The Morgan fingerprint density at radius 2 is 1.92 bits per heavy atom. The van der Waals surface area contributed by atoms with E-state index in [4.69, 9.17) is 10.7 Å². The highest BCUT2D eigenvalue weighted by Gasteiger charge is 2.20. The Labute approximate surface area is 141 Å². The summed E-state index contributed by atoms with van der Waals surface area (Å²) in [5, 5.41) is 1.12. The summed E-state index contributed by atoms with van der Waals surface area (Å²) in [5.74, 6) is 1.45. The molecule has 1 aromatic carbocycles. The van der Waals surface area contributed by atoms with Gasteiger partial charge in [0.2, 0.25) is 5.95 Å². The third-order valence-corrected chi connectivity index (χ3v) is 4.77. The van der Waals surface area contributed by atoms with Gasteiger partial charge < -0.3 is 10.6 Å². The maximum Gasteiger partial charge on any atom is 0.225 e. The summed E-state index contributed by atoms with van der Waals surface area (Å²) in [6.07, 6.45) is 5.90. The van der Waals surface area contributed by atoms with E-state index in [1.165, 1.54) is 0 Å². The van der Waals surface area contributed by atoms with Crippen molar-refractivity contribution in [2.75, 3.05) is 24.5 Å². The van der Waals surface area contributed by atoms with Crippen LogP contribution in [0.2, 0.25) is 0 Å². The van der Waals surface area contributed by atoms with Gasteiger partial charge in [0.15, 0.2) is 0 Å². The molecule has 0 bridgehead atoms. The average molecular weight is 319 g/mol. The Morgan fingerprint density at radius 3 is 2.75 bits per heavy atom. The molecule has 2 aromatic heterocycles. The molecule has 0 amide bonds. The van der Waals surface area contributed by atoms with Crippen molar-refractivity contribution in [1.82, 2.24) is 15.0 Å². The fraction of sp³-hybridized carbons (Fsp3) is 0.316. The Morgan fingerprint density at radius 1 is 1.04 bits per heavy atom. The number of fused-ring (bicyclic) bond motifs is 1. The topological polar surface area (TPSA) is 67.9 Å². The Hall–Kier alpha value is -2.53. The van der Waals surface area contributed by atoms with E-state index < -0.39 is 0 Å². The number of rotatable bonds is 3. The smallest absolute Gasteiger partial charge is 0.225 e. The minimum Gasteiger partial charge on any atom is -0.341 e. The number of piperidine rings is 1. The summed E-state index contributed by atoms with van der Waals surface area (Å²) >= 11 is 0. The highest BCUT2D eigenvalue weighted by atomic mass is 15.2. The summed E-state index contributed by atoms with van der Waals surface area (Å²) in [6.45, 7) is 2.74. The van der Waals surface area contributed by atoms with Crippen LogP contribution in [-0.4, -0.2) is 34.6 Å². The molecule has 0 unspecified atom stereocenters. The lowest BCUT2D eigenvalue weighted by Crippen LogP contribution is -2.37. The Bertz CT molecular complexity index is 840. The highest BCUT2D eigenvalue weighted by Crippen LogP contribution is 2.25. The second kappa shape index (κ2) is 6.53. The van der Waals surface area contributed by atoms with Crippen LogP contribution in [0.15, 0.2) is 48.8 Å². The molecule has 3 heterocycles. The summed E-state index contributed by atoms with van der Waals surface area (Å²) < 4.78 is 0. The predicted molar refractivity (Wildman–Crippen MR) is 96.8 cm³/mol. The third-order valence-electron chi connectivity index (χ3n) is 4.77. The lowest BCUT2D eigenvalue weighted by atomic mass is 9.97. The molecule has 3 aromatic rings. The quantitative estimate of drug-likeness (QED) is 0.804. The van der Waals surface area contributed by atoms with Gasteiger partial charge in [-0.3, -0.25) is 4.98 Å². The molecule has 122 valence electrons. The molecule has 0 spiro atoms. The molecule has 1 fully saturated rings. The SMILES string of the molecule is NCC1CCN(c2nccc(-c3ccc4ncccc4c3)n2)CC1. The van der Waals surface area contributed by atoms with Gasteiger partial charge >= 0.3 is 0 Å². The van der Waals surface area contributed by atoms with Crippen molar-refractivity contribution in [1.29, 1.82) is 0 Å². The number of hydrogen-bond donors (Lipinski definition) is 1. The second-order valence-electron chi connectivity index (χ2n) is 6.32. The largest absolute Gasteiger partial charge is 0.341 e. The lowest BCUT2D eigenvalue weighted by molar-refractivity contribution is 0.411. The van der Waals surface area contributed by atoms with E-state index in [0.717, 1.165) is 60.6 Å². The van der Waals surface area contributed by atoms with Crippen molar-refractivity contribution in [3.63, 3.8) is 0 Å². The molecule has 2 N–H and O–H groups in total. The average Bonchev–Trinajstić information content (AvgIpc) is 2.68. The predicted octanol–water partition coefficient (Wildman–Crippen LogP) is 2.87. The number of aromatic nitrogens is 3. The maximum absolute atomic E-state index is 5.78. The molecule has 24 heavy (non-hydrogen) atoms. The fourth-order valence-corrected chi connectivity index (χ4v) is 3.27. The Balaban J connectivity index is 1.62. The minimum absolute atomic E-state index is 0.637. The van der Waals surface area contributed by atoms with Gasteiger partial charge in [0.05, 0.1) is 11.2 Å². The number of nitrogens with two attached hydrogens (primary N) is 1. The van der Waals surface area contributed by atoms with Crippen molar-refractivity contribution in [2.24, 2.45) is 11.7 Å². The third kappa shape index (κ3) is 2.95. The van der Waals surface area contributed by atoms with Gasteiger partial charge in [0.25, 0.3) is 0 Å². The van der Waals surface area contributed by atoms with Crippen LogP contribution in [0.25, 0.3) is 22.2 Å². The van der Waals surface area contributed by atoms with E-state index in [1.54, 1.807) is 0 Å². The van der Waals surface area contributed by atoms with Gasteiger partial charge in [-0.15, -0.1) is 0 Å². The molecular weight excluding hydrogens is 298 g/mol. The molecule has 1 saturated heterocycles. The van der Waals surface area contributed by atoms with Gasteiger partial charge in [-0.1, -0.05) is 12.1 Å². The van der Waals surface area contributed by atoms with Crippen molar-refractivity contribution < 1.29 is 0 Å². The van der Waals surface area contributed by atoms with Crippen LogP contribution in [0.1, 0.15) is 12.8 Å². The van der Waals surface area contributed by atoms with Gasteiger partial charge in [-0.05, 0) is 49.6 Å². The molecule has 1 aliphatic heterocycles. The van der Waals surface area contributed by atoms with Crippen LogP contribution >= 0.6 is 0 Å². The summed E-state index contributed by atoms with van der Waals surface area (Å²) in [6, 6.07) is 12.2. The molecule has 1 aliphatic rings. The molecule has 0 atom stereocenters. The van der Waals surface area contributed by atoms with Gasteiger partial charge in [-0.2, -0.15) is 0 Å². The zero-order valence-corrected chi connectivity index (χ0v) is 13.6. The van der Waals surface area contributed by atoms with E-state index in [0.29, 0.717) is 5.92 Å². The first-order chi connectivity index (χ1) is 11.8. The second-order valence-corrected chi connectivity index (χ2v) is 6.32. The van der Waals surface area contributed by atoms with Crippen molar-refractivity contribution in [2.45, 2.75) is 12.8 Å². The van der Waals surface area contributed by atoms with Crippen molar-refractivity contribution in [3.8, 4) is 11.3 Å². The van der Waals surface area contributed by atoms with Crippen LogP contribution in [0.4, 0.5) is 5.95 Å². The minimum atomic E-state index is 0.637. The first-order valence-corrected chi connectivity index (χ1v) is 8.47. The van der Waals surface area contributed by atoms with Crippen LogP contribution < -0.4 is 10.6 Å². The van der Waals surface area contributed by atoms with Gasteiger partial charge in [0, 0.05) is 36.4 Å². The van der Waals surface area contributed by atoms with Crippen molar-refractivity contribution >= 4 is 16.9 Å². The van der Waals surface area contributed by atoms with Gasteiger partial charge in [-0.25, -0.2) is 9.97 Å². The number of pyridine rings is 1. The van der Waals surface area contributed by atoms with E-state index in [-0.39, 0.29) is 0 Å². The molecule has 4 rings (SSSR count). The number of nitrogens with zero attached hydrogens (tertiary/aromatic N) is 4. The van der Waals surface area contributed by atoms with E-state index in [2.05, 4.69) is 33.1 Å².